The molecule has 144 valence electrons. The molecule has 0 radical (unpaired) electrons. The van der Waals surface area contributed by atoms with E-state index < -0.39 is 22.2 Å². The van der Waals surface area contributed by atoms with Gasteiger partial charge in [-0.05, 0) is 35.9 Å². The molecule has 0 aliphatic carbocycles. The average Bonchev–Trinajstić information content (AvgIpc) is 2.69. The Bertz CT molecular complexity index is 1210. The minimum Gasteiger partial charge on any atom is -0.321 e. The summed E-state index contributed by atoms with van der Waals surface area (Å²) < 4.78 is 14.6. The molecular weight excluding hydrogens is 379 g/mol. The van der Waals surface area contributed by atoms with Crippen LogP contribution >= 0.6 is 0 Å². The van der Waals surface area contributed by atoms with Crippen molar-refractivity contribution in [3.05, 3.63) is 104 Å². The van der Waals surface area contributed by atoms with E-state index in [1.807, 2.05) is 0 Å². The van der Waals surface area contributed by atoms with Crippen LogP contribution in [-0.2, 0) is 6.54 Å². The van der Waals surface area contributed by atoms with Crippen LogP contribution < -0.4 is 10.9 Å². The zero-order valence-corrected chi connectivity index (χ0v) is 14.8. The Morgan fingerprint density at radius 3 is 2.69 bits per heavy atom. The molecule has 0 unspecified atom stereocenters. The molecular formula is C20H13FN4O4. The van der Waals surface area contributed by atoms with Crippen LogP contribution in [0.5, 0.6) is 0 Å². The van der Waals surface area contributed by atoms with Crippen LogP contribution in [0.25, 0.3) is 0 Å². The summed E-state index contributed by atoms with van der Waals surface area (Å²) in [4.78, 5) is 35.4. The largest absolute Gasteiger partial charge is 0.321 e. The van der Waals surface area contributed by atoms with Crippen molar-refractivity contribution in [1.82, 2.24) is 4.57 Å². The highest BCUT2D eigenvalue weighted by molar-refractivity contribution is 6.04. The summed E-state index contributed by atoms with van der Waals surface area (Å²) in [6, 6.07) is 13.7. The van der Waals surface area contributed by atoms with Crippen LogP contribution in [0.3, 0.4) is 0 Å². The highest BCUT2D eigenvalue weighted by Crippen LogP contribution is 2.21. The van der Waals surface area contributed by atoms with E-state index in [1.165, 1.54) is 47.2 Å². The quantitative estimate of drug-likeness (QED) is 0.529. The maximum Gasteiger partial charge on any atom is 0.270 e. The Labute approximate surface area is 163 Å². The first-order chi connectivity index (χ1) is 13.9. The summed E-state index contributed by atoms with van der Waals surface area (Å²) in [7, 11) is 0. The molecule has 8 nitrogen and oxygen atoms in total. The van der Waals surface area contributed by atoms with Crippen molar-refractivity contribution in [1.29, 1.82) is 5.26 Å². The number of carbonyl (C=O) groups is 1. The van der Waals surface area contributed by atoms with E-state index in [1.54, 1.807) is 12.1 Å². The van der Waals surface area contributed by atoms with Gasteiger partial charge in [-0.15, -0.1) is 0 Å². The number of pyridine rings is 1. The van der Waals surface area contributed by atoms with Crippen molar-refractivity contribution in [3.8, 4) is 6.07 Å². The monoisotopic (exact) mass is 392 g/mol. The third-order valence-corrected chi connectivity index (χ3v) is 4.09. The Morgan fingerprint density at radius 2 is 2.00 bits per heavy atom. The molecule has 1 heterocycles. The number of rotatable bonds is 5. The zero-order chi connectivity index (χ0) is 21.0. The maximum atomic E-state index is 13.4. The van der Waals surface area contributed by atoms with Crippen LogP contribution in [-0.4, -0.2) is 15.4 Å². The Balaban J connectivity index is 1.88. The summed E-state index contributed by atoms with van der Waals surface area (Å²) in [6.45, 7) is 0.0681. The van der Waals surface area contributed by atoms with Gasteiger partial charge in [-0.1, -0.05) is 12.1 Å². The van der Waals surface area contributed by atoms with Crippen molar-refractivity contribution in [2.75, 3.05) is 5.32 Å². The highest BCUT2D eigenvalue weighted by Gasteiger charge is 2.16. The standard InChI is InChI=1S/C20H13FN4O4/c21-15-4-1-3-13(9-15)12-24-8-2-5-17(20(24)27)19(26)23-18-7-6-16(25(28)29)10-14(18)11-22/h1-10H,12H2,(H,23,26). The number of nitriles is 1. The molecule has 3 aromatic rings. The lowest BCUT2D eigenvalue weighted by molar-refractivity contribution is -0.384. The molecule has 0 fully saturated rings. The van der Waals surface area contributed by atoms with E-state index in [0.29, 0.717) is 5.56 Å². The minimum absolute atomic E-state index is 0.0445. The number of nitrogens with one attached hydrogen (secondary N) is 1. The van der Waals surface area contributed by atoms with E-state index in [9.17, 15) is 29.4 Å². The summed E-state index contributed by atoms with van der Waals surface area (Å²) in [5.41, 5.74) is -0.601. The molecule has 0 aliphatic rings. The Kier molecular flexibility index (Phi) is 5.46. The number of carbonyl (C=O) groups excluding carboxylic acids is 1. The summed E-state index contributed by atoms with van der Waals surface area (Å²) in [6.07, 6.45) is 1.47. The van der Waals surface area contributed by atoms with Crippen LogP contribution in [0.15, 0.2) is 65.6 Å². The molecule has 1 aromatic heterocycles. The molecule has 0 saturated heterocycles. The number of aromatic nitrogens is 1. The lowest BCUT2D eigenvalue weighted by atomic mass is 10.1. The van der Waals surface area contributed by atoms with E-state index in [4.69, 9.17) is 0 Å². The SMILES string of the molecule is N#Cc1cc([N+](=O)[O-])ccc1NC(=O)c1cccn(Cc2cccc(F)c2)c1=O. The molecule has 9 heteroatoms. The summed E-state index contributed by atoms with van der Waals surface area (Å²) in [5, 5.41) is 22.4. The average molecular weight is 392 g/mol. The Hall–Kier alpha value is -4.32. The number of hydrogen-bond acceptors (Lipinski definition) is 5. The lowest BCUT2D eigenvalue weighted by Gasteiger charge is -2.10. The minimum atomic E-state index is -0.769. The summed E-state index contributed by atoms with van der Waals surface area (Å²) in [5.74, 6) is -1.21. The fourth-order valence-corrected chi connectivity index (χ4v) is 2.70. The fourth-order valence-electron chi connectivity index (χ4n) is 2.70. The van der Waals surface area contributed by atoms with E-state index >= 15 is 0 Å². The van der Waals surface area contributed by atoms with Gasteiger partial charge >= 0.3 is 0 Å². The zero-order valence-electron chi connectivity index (χ0n) is 14.8. The van der Waals surface area contributed by atoms with Gasteiger partial charge in [0.2, 0.25) is 0 Å². The van der Waals surface area contributed by atoms with Crippen LogP contribution in [0.2, 0.25) is 0 Å². The van der Waals surface area contributed by atoms with E-state index in [0.717, 1.165) is 12.1 Å². The van der Waals surface area contributed by atoms with Gasteiger partial charge in [0, 0.05) is 18.3 Å². The predicted molar refractivity (Wildman–Crippen MR) is 102 cm³/mol. The van der Waals surface area contributed by atoms with Crippen molar-refractivity contribution < 1.29 is 14.1 Å². The first-order valence-electron chi connectivity index (χ1n) is 8.33. The summed E-state index contributed by atoms with van der Waals surface area (Å²) >= 11 is 0. The van der Waals surface area contributed by atoms with Gasteiger partial charge in [0.05, 0.1) is 22.7 Å². The van der Waals surface area contributed by atoms with E-state index in [-0.39, 0.29) is 29.0 Å². The first-order valence-corrected chi connectivity index (χ1v) is 8.33. The molecule has 1 N–H and O–H groups in total. The number of amides is 1. The number of nitrogens with zero attached hydrogens (tertiary/aromatic N) is 3. The number of benzene rings is 2. The first kappa shape index (κ1) is 19.4. The number of nitro benzene ring substituents is 1. The number of anilines is 1. The molecule has 2 aromatic carbocycles. The number of halogens is 1. The predicted octanol–water partition coefficient (Wildman–Crippen LogP) is 3.07. The Morgan fingerprint density at radius 1 is 1.21 bits per heavy atom. The van der Waals surface area contributed by atoms with Crippen molar-refractivity contribution in [2.24, 2.45) is 0 Å². The van der Waals surface area contributed by atoms with Crippen LogP contribution in [0.4, 0.5) is 15.8 Å². The lowest BCUT2D eigenvalue weighted by Crippen LogP contribution is -2.29. The smallest absolute Gasteiger partial charge is 0.270 e. The second-order valence-electron chi connectivity index (χ2n) is 6.04. The third kappa shape index (κ3) is 4.33. The van der Waals surface area contributed by atoms with Gasteiger partial charge in [0.25, 0.3) is 17.2 Å². The van der Waals surface area contributed by atoms with Crippen molar-refractivity contribution in [3.63, 3.8) is 0 Å². The molecule has 1 amide bonds. The maximum absolute atomic E-state index is 13.4. The molecule has 0 saturated carbocycles. The molecule has 0 atom stereocenters. The van der Waals surface area contributed by atoms with E-state index in [2.05, 4.69) is 5.32 Å². The van der Waals surface area contributed by atoms with Gasteiger partial charge < -0.3 is 9.88 Å². The molecule has 0 aliphatic heterocycles. The number of non-ortho nitro benzene ring substituents is 1. The topological polar surface area (TPSA) is 118 Å². The molecule has 0 bridgehead atoms. The van der Waals surface area contributed by atoms with Gasteiger partial charge in [-0.2, -0.15) is 5.26 Å². The molecule has 0 spiro atoms. The second kappa shape index (κ2) is 8.14. The third-order valence-electron chi connectivity index (χ3n) is 4.09. The van der Waals surface area contributed by atoms with Gasteiger partial charge in [-0.3, -0.25) is 19.7 Å². The molecule has 3 rings (SSSR count). The van der Waals surface area contributed by atoms with Crippen molar-refractivity contribution in [2.45, 2.75) is 6.54 Å². The van der Waals surface area contributed by atoms with Gasteiger partial charge in [0.15, 0.2) is 0 Å². The van der Waals surface area contributed by atoms with Gasteiger partial charge in [0.1, 0.15) is 17.4 Å². The number of nitro groups is 1. The second-order valence-corrected chi connectivity index (χ2v) is 6.04. The van der Waals surface area contributed by atoms with Gasteiger partial charge in [-0.25, -0.2) is 4.39 Å². The highest BCUT2D eigenvalue weighted by atomic mass is 19.1. The van der Waals surface area contributed by atoms with Crippen LogP contribution in [0, 0.1) is 27.3 Å². The fraction of sp³-hybridized carbons (Fsp3) is 0.0500. The van der Waals surface area contributed by atoms with Crippen LogP contribution in [0.1, 0.15) is 21.5 Å². The normalized spacial score (nSPS) is 10.2. The van der Waals surface area contributed by atoms with Crippen molar-refractivity contribution >= 4 is 17.3 Å². The molecule has 29 heavy (non-hydrogen) atoms. The number of hydrogen-bond donors (Lipinski definition) is 1.